The SMILES string of the molecule is CC1=C[C@@H]2[C@H]3C(=O)N(C[C@@H]4CCCO4)C(=O)[C@H]3[C@H](C(=O)c3cccc([N+](=O)[O-])c3)N2c2ccccc21. The highest BCUT2D eigenvalue weighted by molar-refractivity contribution is 6.14. The van der Waals surface area contributed by atoms with Crippen LogP contribution in [0.5, 0.6) is 0 Å². The molecule has 0 aromatic heterocycles. The number of imide groups is 1. The van der Waals surface area contributed by atoms with E-state index in [0.29, 0.717) is 6.61 Å². The molecule has 4 heterocycles. The Morgan fingerprint density at radius 3 is 2.64 bits per heavy atom. The Labute approximate surface area is 207 Å². The Morgan fingerprint density at radius 2 is 1.89 bits per heavy atom. The minimum absolute atomic E-state index is 0.148. The van der Waals surface area contributed by atoms with Crippen LogP contribution in [0.2, 0.25) is 0 Å². The molecule has 0 radical (unpaired) electrons. The summed E-state index contributed by atoms with van der Waals surface area (Å²) in [5.41, 5.74) is 2.64. The molecule has 2 aromatic rings. The first-order valence-corrected chi connectivity index (χ1v) is 12.2. The monoisotopic (exact) mass is 487 g/mol. The van der Waals surface area contributed by atoms with Gasteiger partial charge in [0.15, 0.2) is 5.78 Å². The highest BCUT2D eigenvalue weighted by Gasteiger charge is 2.64. The Kier molecular flexibility index (Phi) is 5.26. The maximum atomic E-state index is 14.0. The van der Waals surface area contributed by atoms with Crippen LogP contribution < -0.4 is 4.90 Å². The number of nitro groups is 1. The number of hydrogen-bond acceptors (Lipinski definition) is 7. The zero-order chi connectivity index (χ0) is 25.1. The molecule has 0 N–H and O–H groups in total. The van der Waals surface area contributed by atoms with Gasteiger partial charge in [-0.3, -0.25) is 29.4 Å². The van der Waals surface area contributed by atoms with Crippen molar-refractivity contribution in [1.82, 2.24) is 4.90 Å². The van der Waals surface area contributed by atoms with Gasteiger partial charge in [-0.2, -0.15) is 0 Å². The molecule has 4 aliphatic heterocycles. The van der Waals surface area contributed by atoms with Gasteiger partial charge in [0.05, 0.1) is 35.4 Å². The van der Waals surface area contributed by atoms with Gasteiger partial charge in [-0.1, -0.05) is 36.4 Å². The molecule has 36 heavy (non-hydrogen) atoms. The van der Waals surface area contributed by atoms with Gasteiger partial charge in [-0.05, 0) is 31.4 Å². The fourth-order valence-corrected chi connectivity index (χ4v) is 6.27. The molecular formula is C27H25N3O6. The van der Waals surface area contributed by atoms with E-state index in [1.165, 1.54) is 29.2 Å². The summed E-state index contributed by atoms with van der Waals surface area (Å²) in [6.07, 6.45) is 3.45. The lowest BCUT2D eigenvalue weighted by atomic mass is 9.85. The largest absolute Gasteiger partial charge is 0.376 e. The number of nitro benzene ring substituents is 1. The summed E-state index contributed by atoms with van der Waals surface area (Å²) in [5.74, 6) is -2.66. The number of Topliss-reactive ketones (excluding diaryl/α,β-unsaturated/α-hetero) is 1. The van der Waals surface area contributed by atoms with Gasteiger partial charge in [-0.15, -0.1) is 0 Å². The second-order valence-electron chi connectivity index (χ2n) is 9.85. The quantitative estimate of drug-likeness (QED) is 0.276. The number of benzene rings is 2. The van der Waals surface area contributed by atoms with Crippen molar-refractivity contribution in [3.05, 3.63) is 75.8 Å². The Balaban J connectivity index is 1.46. The smallest absolute Gasteiger partial charge is 0.270 e. The number of amides is 2. The summed E-state index contributed by atoms with van der Waals surface area (Å²) in [6, 6.07) is 11.8. The van der Waals surface area contributed by atoms with Crippen molar-refractivity contribution in [2.24, 2.45) is 11.8 Å². The van der Waals surface area contributed by atoms with Crippen molar-refractivity contribution < 1.29 is 24.0 Å². The van der Waals surface area contributed by atoms with Gasteiger partial charge in [0, 0.05) is 35.6 Å². The van der Waals surface area contributed by atoms with Gasteiger partial charge >= 0.3 is 0 Å². The maximum absolute atomic E-state index is 14.0. The minimum Gasteiger partial charge on any atom is -0.376 e. The molecule has 0 aliphatic carbocycles. The van der Waals surface area contributed by atoms with E-state index >= 15 is 0 Å². The van der Waals surface area contributed by atoms with Crippen LogP contribution in [0.1, 0.15) is 35.7 Å². The van der Waals surface area contributed by atoms with Crippen LogP contribution in [0.25, 0.3) is 5.57 Å². The van der Waals surface area contributed by atoms with Crippen LogP contribution in [0.4, 0.5) is 11.4 Å². The summed E-state index contributed by atoms with van der Waals surface area (Å²) in [4.78, 5) is 55.5. The summed E-state index contributed by atoms with van der Waals surface area (Å²) in [6.45, 7) is 2.76. The molecule has 6 rings (SSSR count). The minimum atomic E-state index is -0.960. The first-order valence-electron chi connectivity index (χ1n) is 12.2. The second kappa shape index (κ2) is 8.37. The average molecular weight is 488 g/mol. The lowest BCUT2D eigenvalue weighted by Crippen LogP contribution is -2.49. The molecule has 184 valence electrons. The molecule has 0 saturated carbocycles. The van der Waals surface area contributed by atoms with E-state index in [1.807, 2.05) is 42.2 Å². The van der Waals surface area contributed by atoms with E-state index in [-0.39, 0.29) is 35.7 Å². The number of ketones is 1. The number of likely N-dealkylation sites (tertiary alicyclic amines) is 1. The number of non-ortho nitro benzene ring substituents is 1. The lowest BCUT2D eigenvalue weighted by Gasteiger charge is -2.38. The molecule has 5 atom stereocenters. The van der Waals surface area contributed by atoms with E-state index in [9.17, 15) is 24.5 Å². The summed E-state index contributed by atoms with van der Waals surface area (Å²) in [7, 11) is 0. The van der Waals surface area contributed by atoms with Crippen molar-refractivity contribution in [2.75, 3.05) is 18.1 Å². The van der Waals surface area contributed by atoms with Crippen molar-refractivity contribution in [2.45, 2.75) is 38.0 Å². The predicted octanol–water partition coefficient (Wildman–Crippen LogP) is 3.23. The number of hydrogen-bond donors (Lipinski definition) is 0. The molecule has 9 heteroatoms. The summed E-state index contributed by atoms with van der Waals surface area (Å²) >= 11 is 0. The number of para-hydroxylation sites is 1. The Morgan fingerprint density at radius 1 is 1.11 bits per heavy atom. The Hall–Kier alpha value is -3.85. The van der Waals surface area contributed by atoms with Crippen LogP contribution in [0.3, 0.4) is 0 Å². The van der Waals surface area contributed by atoms with E-state index in [1.54, 1.807) is 0 Å². The van der Waals surface area contributed by atoms with E-state index in [4.69, 9.17) is 4.74 Å². The molecule has 3 fully saturated rings. The van der Waals surface area contributed by atoms with Crippen molar-refractivity contribution >= 4 is 34.5 Å². The number of ether oxygens (including phenoxy) is 1. The normalized spacial score (nSPS) is 28.6. The highest BCUT2D eigenvalue weighted by Crippen LogP contribution is 2.50. The van der Waals surface area contributed by atoms with Crippen LogP contribution in [0, 0.1) is 22.0 Å². The predicted molar refractivity (Wildman–Crippen MR) is 130 cm³/mol. The van der Waals surface area contributed by atoms with Gasteiger partial charge in [-0.25, -0.2) is 0 Å². The lowest BCUT2D eigenvalue weighted by molar-refractivity contribution is -0.384. The number of nitrogens with zero attached hydrogens (tertiary/aromatic N) is 3. The highest BCUT2D eigenvalue weighted by atomic mass is 16.6. The van der Waals surface area contributed by atoms with Crippen LogP contribution >= 0.6 is 0 Å². The molecule has 4 aliphatic rings. The molecular weight excluding hydrogens is 462 g/mol. The molecule has 3 saturated heterocycles. The van der Waals surface area contributed by atoms with Gasteiger partial charge in [0.2, 0.25) is 11.8 Å². The van der Waals surface area contributed by atoms with Gasteiger partial charge in [0.1, 0.15) is 6.04 Å². The standard InChI is InChI=1S/C27H25N3O6/c1-15-12-21-22-23(27(33)28(26(22)32)14-18-8-5-11-36-18)24(29(21)20-10-3-2-9-19(15)20)25(31)16-6-4-7-17(13-16)30(34)35/h2-4,6-7,9-10,12-13,18,21-24H,5,8,11,14H2,1H3/t18-,21+,22+,23+,24+/m0/s1. The van der Waals surface area contributed by atoms with Crippen molar-refractivity contribution in [1.29, 1.82) is 0 Å². The van der Waals surface area contributed by atoms with Gasteiger partial charge in [0.25, 0.3) is 5.69 Å². The topological polar surface area (TPSA) is 110 Å². The first-order chi connectivity index (χ1) is 17.4. The van der Waals surface area contributed by atoms with E-state index in [0.717, 1.165) is 29.7 Å². The van der Waals surface area contributed by atoms with E-state index < -0.39 is 34.6 Å². The third-order valence-corrected chi connectivity index (χ3v) is 7.87. The number of carbonyl (C=O) groups is 3. The number of fused-ring (bicyclic) bond motifs is 5. The van der Waals surface area contributed by atoms with Crippen LogP contribution in [-0.2, 0) is 14.3 Å². The third-order valence-electron chi connectivity index (χ3n) is 7.87. The number of anilines is 1. The van der Waals surface area contributed by atoms with Crippen LogP contribution in [0.15, 0.2) is 54.6 Å². The second-order valence-corrected chi connectivity index (χ2v) is 9.85. The molecule has 0 unspecified atom stereocenters. The van der Waals surface area contributed by atoms with Crippen molar-refractivity contribution in [3.8, 4) is 0 Å². The Bertz CT molecular complexity index is 1330. The van der Waals surface area contributed by atoms with E-state index in [2.05, 4.69) is 0 Å². The fraction of sp³-hybridized carbons (Fsp3) is 0.370. The zero-order valence-corrected chi connectivity index (χ0v) is 19.7. The molecule has 0 spiro atoms. The van der Waals surface area contributed by atoms with Crippen molar-refractivity contribution in [3.63, 3.8) is 0 Å². The molecule has 2 aromatic carbocycles. The van der Waals surface area contributed by atoms with Gasteiger partial charge < -0.3 is 9.64 Å². The summed E-state index contributed by atoms with van der Waals surface area (Å²) in [5, 5.41) is 11.4. The number of carbonyl (C=O) groups excluding carboxylic acids is 3. The molecule has 2 amide bonds. The third kappa shape index (κ3) is 3.30. The zero-order valence-electron chi connectivity index (χ0n) is 19.7. The summed E-state index contributed by atoms with van der Waals surface area (Å²) < 4.78 is 5.68. The first kappa shape index (κ1) is 22.6. The number of rotatable bonds is 5. The fourth-order valence-electron chi connectivity index (χ4n) is 6.27. The maximum Gasteiger partial charge on any atom is 0.270 e. The average Bonchev–Trinajstić information content (AvgIpc) is 3.57. The number of allylic oxidation sites excluding steroid dienone is 1. The van der Waals surface area contributed by atoms with Crippen LogP contribution in [-0.4, -0.2) is 58.8 Å². The molecule has 0 bridgehead atoms. The molecule has 9 nitrogen and oxygen atoms in total.